The van der Waals surface area contributed by atoms with E-state index in [4.69, 9.17) is 10.8 Å². The van der Waals surface area contributed by atoms with Gasteiger partial charge in [0.2, 0.25) is 5.62 Å². The molecule has 29 heavy (non-hydrogen) atoms. The largest absolute Gasteiger partial charge is 0.465 e. The van der Waals surface area contributed by atoms with E-state index in [1.807, 2.05) is 18.2 Å². The number of rotatable bonds is 2. The van der Waals surface area contributed by atoms with E-state index in [1.165, 1.54) is 4.90 Å². The second-order valence-corrected chi connectivity index (χ2v) is 7.48. The maximum atomic E-state index is 10.9. The zero-order chi connectivity index (χ0) is 20.1. The predicted octanol–water partition coefficient (Wildman–Crippen LogP) is 1.63. The summed E-state index contributed by atoms with van der Waals surface area (Å²) >= 11 is 0. The number of anilines is 2. The van der Waals surface area contributed by atoms with Crippen LogP contribution in [0.2, 0.25) is 0 Å². The molecule has 0 bridgehead atoms. The second-order valence-electron chi connectivity index (χ2n) is 7.48. The Labute approximate surface area is 166 Å². The summed E-state index contributed by atoms with van der Waals surface area (Å²) in [6, 6.07) is 7.92. The van der Waals surface area contributed by atoms with E-state index in [-0.39, 0.29) is 6.04 Å². The van der Waals surface area contributed by atoms with Gasteiger partial charge in [0.15, 0.2) is 0 Å². The molecule has 1 amide bonds. The smallest absolute Gasteiger partial charge is 0.407 e. The molecular weight excluding hydrogens is 370 g/mol. The van der Waals surface area contributed by atoms with E-state index in [0.717, 1.165) is 52.7 Å². The Morgan fingerprint density at radius 1 is 1.31 bits per heavy atom. The number of amides is 1. The highest BCUT2D eigenvalue weighted by atomic mass is 16.4. The molecule has 4 aliphatic rings. The zero-order valence-corrected chi connectivity index (χ0v) is 16.0. The summed E-state index contributed by atoms with van der Waals surface area (Å²) in [7, 11) is 0. The Hall–Kier alpha value is -3.62. The maximum Gasteiger partial charge on any atom is 0.407 e. The van der Waals surface area contributed by atoms with E-state index in [0.29, 0.717) is 18.7 Å². The molecule has 0 saturated carbocycles. The molecule has 4 aliphatic heterocycles. The number of benzene rings is 1. The normalized spacial score (nSPS) is 16.6. The first-order valence-corrected chi connectivity index (χ1v) is 9.52. The minimum absolute atomic E-state index is 0.0889. The van der Waals surface area contributed by atoms with Gasteiger partial charge >= 0.3 is 6.09 Å². The van der Waals surface area contributed by atoms with E-state index >= 15 is 0 Å². The lowest BCUT2D eigenvalue weighted by Crippen LogP contribution is -2.53. The van der Waals surface area contributed by atoms with E-state index in [1.54, 1.807) is 6.20 Å². The Morgan fingerprint density at radius 2 is 2.14 bits per heavy atom. The van der Waals surface area contributed by atoms with Crippen LogP contribution < -0.4 is 16.7 Å². The summed E-state index contributed by atoms with van der Waals surface area (Å²) in [5.74, 6) is 1.83. The standard InChI is InChI=1S/C20H21N7O2/c1-11-2-3-13(21)7-15(11)16-6-12-8-23-19(24-14-9-26(10-14)20(28)29)25-17(12)27-5-4-22-18(16)27/h2-3,6-8,14,22H,4-5,9-10,21H2,1H3,(H,28,29). The van der Waals surface area contributed by atoms with Crippen LogP contribution in [0.1, 0.15) is 5.56 Å². The van der Waals surface area contributed by atoms with Gasteiger partial charge in [-0.15, -0.1) is 0 Å². The van der Waals surface area contributed by atoms with Gasteiger partial charge < -0.3 is 25.6 Å². The molecule has 0 radical (unpaired) electrons. The van der Waals surface area contributed by atoms with Gasteiger partial charge in [0.1, 0.15) is 11.6 Å². The Balaban J connectivity index is 1.60. The number of aryl methyl sites for hydroxylation is 1. The zero-order valence-electron chi connectivity index (χ0n) is 16.0. The van der Waals surface area contributed by atoms with Crippen molar-refractivity contribution in [2.75, 3.05) is 30.7 Å². The number of likely N-dealkylation sites (tertiary alicyclic amines) is 1. The average molecular weight is 391 g/mol. The van der Waals surface area contributed by atoms with Crippen LogP contribution in [0.4, 0.5) is 16.3 Å². The second kappa shape index (κ2) is 6.47. The third-order valence-corrected chi connectivity index (χ3v) is 5.47. The Bertz CT molecular complexity index is 1160. The topological polar surface area (TPSA) is 122 Å². The van der Waals surface area contributed by atoms with Gasteiger partial charge in [0.25, 0.3) is 0 Å². The fraction of sp³-hybridized carbons (Fsp3) is 0.300. The molecule has 4 N–H and O–H groups in total. The van der Waals surface area contributed by atoms with Crippen LogP contribution in [0.5, 0.6) is 0 Å². The van der Waals surface area contributed by atoms with Crippen molar-refractivity contribution in [2.45, 2.75) is 19.5 Å². The molecule has 0 unspecified atom stereocenters. The highest BCUT2D eigenvalue weighted by Crippen LogP contribution is 2.38. The first kappa shape index (κ1) is 17.5. The van der Waals surface area contributed by atoms with Crippen molar-refractivity contribution in [1.82, 2.24) is 19.4 Å². The minimum Gasteiger partial charge on any atom is -0.465 e. The van der Waals surface area contributed by atoms with Crippen LogP contribution in [0.25, 0.3) is 22.5 Å². The third-order valence-electron chi connectivity index (χ3n) is 5.47. The SMILES string of the molecule is Cc1ccc(N)cc1-c1cc2cnc(=NC3CN(C(=O)O)C3)nc-2n2c1NCC2. The van der Waals surface area contributed by atoms with E-state index < -0.39 is 6.09 Å². The summed E-state index contributed by atoms with van der Waals surface area (Å²) in [6.07, 6.45) is 0.866. The molecule has 1 fully saturated rings. The lowest BCUT2D eigenvalue weighted by Gasteiger charge is -2.33. The van der Waals surface area contributed by atoms with Gasteiger partial charge in [0, 0.05) is 49.2 Å². The highest BCUT2D eigenvalue weighted by Gasteiger charge is 2.30. The minimum atomic E-state index is -0.917. The predicted molar refractivity (Wildman–Crippen MR) is 109 cm³/mol. The van der Waals surface area contributed by atoms with Crippen molar-refractivity contribution in [3.05, 3.63) is 41.6 Å². The monoisotopic (exact) mass is 391 g/mol. The van der Waals surface area contributed by atoms with Crippen molar-refractivity contribution in [2.24, 2.45) is 4.99 Å². The fourth-order valence-electron chi connectivity index (χ4n) is 3.91. The number of nitrogen functional groups attached to an aromatic ring is 1. The van der Waals surface area contributed by atoms with Crippen molar-refractivity contribution in [1.29, 1.82) is 0 Å². The molecular formula is C20H21N7O2. The number of hydrogen-bond donors (Lipinski definition) is 3. The number of nitrogens with one attached hydrogen (secondary N) is 1. The van der Waals surface area contributed by atoms with E-state index in [2.05, 4.69) is 37.8 Å². The van der Waals surface area contributed by atoms with Crippen LogP contribution in [0.15, 0.2) is 35.5 Å². The number of carboxylic acid groups (broad SMARTS) is 1. The van der Waals surface area contributed by atoms with E-state index in [9.17, 15) is 4.79 Å². The maximum absolute atomic E-state index is 10.9. The number of hydrogen-bond acceptors (Lipinski definition) is 6. The number of nitrogens with zero attached hydrogens (tertiary/aromatic N) is 5. The van der Waals surface area contributed by atoms with Crippen molar-refractivity contribution in [3.63, 3.8) is 0 Å². The summed E-state index contributed by atoms with van der Waals surface area (Å²) in [6.45, 7) is 4.46. The molecule has 5 rings (SSSR count). The summed E-state index contributed by atoms with van der Waals surface area (Å²) < 4.78 is 2.15. The number of aromatic nitrogens is 3. The molecule has 0 atom stereocenters. The van der Waals surface area contributed by atoms with Crippen molar-refractivity contribution >= 4 is 17.6 Å². The molecule has 9 nitrogen and oxygen atoms in total. The summed E-state index contributed by atoms with van der Waals surface area (Å²) in [4.78, 5) is 25.8. The summed E-state index contributed by atoms with van der Waals surface area (Å²) in [5, 5.41) is 12.4. The van der Waals surface area contributed by atoms with Gasteiger partial charge in [-0.05, 0) is 36.2 Å². The van der Waals surface area contributed by atoms with Gasteiger partial charge in [-0.2, -0.15) is 4.98 Å². The van der Waals surface area contributed by atoms with Gasteiger partial charge in [-0.3, -0.25) is 0 Å². The molecule has 0 aliphatic carbocycles. The lowest BCUT2D eigenvalue weighted by atomic mass is 9.98. The fourth-order valence-corrected chi connectivity index (χ4v) is 3.91. The molecule has 9 heteroatoms. The average Bonchev–Trinajstić information content (AvgIpc) is 3.15. The molecule has 0 spiro atoms. The molecule has 1 aromatic carbocycles. The van der Waals surface area contributed by atoms with Crippen molar-refractivity contribution < 1.29 is 9.90 Å². The van der Waals surface area contributed by atoms with Crippen molar-refractivity contribution in [3.8, 4) is 22.5 Å². The molecule has 148 valence electrons. The van der Waals surface area contributed by atoms with Crippen LogP contribution in [-0.4, -0.2) is 56.3 Å². The van der Waals surface area contributed by atoms with Gasteiger partial charge in [0.05, 0.1) is 6.04 Å². The number of nitrogens with two attached hydrogens (primary N) is 1. The van der Waals surface area contributed by atoms with Crippen LogP contribution in [0, 0.1) is 6.92 Å². The molecule has 1 aromatic rings. The molecule has 4 heterocycles. The van der Waals surface area contributed by atoms with Crippen LogP contribution in [0.3, 0.4) is 0 Å². The highest BCUT2D eigenvalue weighted by molar-refractivity contribution is 5.84. The Kier molecular flexibility index (Phi) is 3.90. The number of carbonyl (C=O) groups is 1. The third kappa shape index (κ3) is 2.95. The number of fused-ring (bicyclic) bond motifs is 3. The molecule has 1 saturated heterocycles. The Morgan fingerprint density at radius 3 is 2.93 bits per heavy atom. The lowest BCUT2D eigenvalue weighted by molar-refractivity contribution is 0.106. The van der Waals surface area contributed by atoms with Gasteiger partial charge in [-0.1, -0.05) is 6.07 Å². The molecule has 0 aromatic heterocycles. The van der Waals surface area contributed by atoms with Gasteiger partial charge in [-0.25, -0.2) is 14.8 Å². The first-order valence-electron chi connectivity index (χ1n) is 9.52. The number of pyridine rings is 1. The van der Waals surface area contributed by atoms with Crippen LogP contribution in [-0.2, 0) is 6.54 Å². The van der Waals surface area contributed by atoms with Crippen LogP contribution >= 0.6 is 0 Å². The summed E-state index contributed by atoms with van der Waals surface area (Å²) in [5.41, 5.74) is 11.4. The quantitative estimate of drug-likeness (QED) is 0.571. The first-order chi connectivity index (χ1) is 14.0.